The fourth-order valence-electron chi connectivity index (χ4n) is 5.58. The second-order valence-electron chi connectivity index (χ2n) is 10.0. The number of carbonyl (C=O) groups is 1. The maximum atomic E-state index is 13.5. The first-order valence-corrected chi connectivity index (χ1v) is 12.3. The molecule has 1 aromatic heterocycles. The summed E-state index contributed by atoms with van der Waals surface area (Å²) in [5.41, 5.74) is 12.2. The molecule has 0 saturated heterocycles. The van der Waals surface area contributed by atoms with Crippen LogP contribution < -0.4 is 15.4 Å². The number of nitrogens with zero attached hydrogens (tertiary/aromatic N) is 2. The molecule has 2 heterocycles. The second kappa shape index (κ2) is 9.22. The smallest absolute Gasteiger partial charge is 0.244 e. The van der Waals surface area contributed by atoms with Crippen LogP contribution in [0.25, 0.3) is 11.1 Å². The summed E-state index contributed by atoms with van der Waals surface area (Å²) in [4.78, 5) is 19.5. The van der Waals surface area contributed by atoms with Crippen LogP contribution in [0, 0.1) is 0 Å². The first-order chi connectivity index (χ1) is 16.4. The molecule has 1 atom stereocenters. The Hall–Kier alpha value is -3.18. The number of fused-ring (bicyclic) bond motifs is 2. The van der Waals surface area contributed by atoms with Crippen LogP contribution in [0.1, 0.15) is 50.7 Å². The number of rotatable bonds is 6. The number of anilines is 1. The summed E-state index contributed by atoms with van der Waals surface area (Å²) in [6.45, 7) is 4.80. The predicted octanol–water partition coefficient (Wildman–Crippen LogP) is 5.26. The monoisotopic (exact) mass is 455 g/mol. The predicted molar refractivity (Wildman–Crippen MR) is 136 cm³/mol. The lowest BCUT2D eigenvalue weighted by atomic mass is 9.80. The van der Waals surface area contributed by atoms with Crippen molar-refractivity contribution in [3.63, 3.8) is 0 Å². The first kappa shape index (κ1) is 22.6. The van der Waals surface area contributed by atoms with Gasteiger partial charge in [0.25, 0.3) is 0 Å². The van der Waals surface area contributed by atoms with Gasteiger partial charge >= 0.3 is 0 Å². The molecule has 1 saturated carbocycles. The lowest BCUT2D eigenvalue weighted by Gasteiger charge is -2.26. The minimum atomic E-state index is -0.569. The van der Waals surface area contributed by atoms with Crippen LogP contribution in [-0.4, -0.2) is 29.6 Å². The van der Waals surface area contributed by atoms with E-state index < -0.39 is 6.04 Å². The lowest BCUT2D eigenvalue weighted by Crippen LogP contribution is -2.46. The van der Waals surface area contributed by atoms with E-state index in [1.165, 1.54) is 24.0 Å². The van der Waals surface area contributed by atoms with Crippen LogP contribution in [0.15, 0.2) is 67.0 Å². The molecule has 1 aliphatic carbocycles. The Morgan fingerprint density at radius 3 is 2.38 bits per heavy atom. The molecule has 0 bridgehead atoms. The molecule has 3 aromatic rings. The Morgan fingerprint density at radius 2 is 1.71 bits per heavy atom. The fraction of sp³-hybridized carbons (Fsp3) is 0.379. The molecule has 2 N–H and O–H groups in total. The highest BCUT2D eigenvalue weighted by molar-refractivity contribution is 6.00. The van der Waals surface area contributed by atoms with Gasteiger partial charge < -0.3 is 15.4 Å². The quantitative estimate of drug-likeness (QED) is 0.550. The number of ether oxygens (including phenoxy) is 1. The summed E-state index contributed by atoms with van der Waals surface area (Å²) in [6.07, 6.45) is 8.81. The molecule has 34 heavy (non-hydrogen) atoms. The van der Waals surface area contributed by atoms with Gasteiger partial charge in [0.2, 0.25) is 5.91 Å². The highest BCUT2D eigenvalue weighted by Crippen LogP contribution is 2.51. The van der Waals surface area contributed by atoms with E-state index in [0.717, 1.165) is 42.0 Å². The SMILES string of the molecule is CC(C)Oc1ccc(-c2ccc3c(c2)C2(CCCC2)CN3C(=O)[C@H](N)Cc2ccncc2)cc1. The van der Waals surface area contributed by atoms with Gasteiger partial charge in [0.05, 0.1) is 12.1 Å². The molecule has 1 aliphatic heterocycles. The van der Waals surface area contributed by atoms with Crippen molar-refractivity contribution < 1.29 is 9.53 Å². The van der Waals surface area contributed by atoms with Crippen LogP contribution in [0.5, 0.6) is 5.75 Å². The minimum Gasteiger partial charge on any atom is -0.491 e. The summed E-state index contributed by atoms with van der Waals surface area (Å²) >= 11 is 0. The zero-order valence-corrected chi connectivity index (χ0v) is 20.0. The van der Waals surface area contributed by atoms with Crippen molar-refractivity contribution in [2.24, 2.45) is 5.73 Å². The highest BCUT2D eigenvalue weighted by Gasteiger charge is 2.47. The van der Waals surface area contributed by atoms with Crippen LogP contribution in [0.4, 0.5) is 5.69 Å². The van der Waals surface area contributed by atoms with E-state index in [1.807, 2.05) is 43.0 Å². The van der Waals surface area contributed by atoms with Gasteiger partial charge in [-0.1, -0.05) is 31.0 Å². The largest absolute Gasteiger partial charge is 0.491 e. The van der Waals surface area contributed by atoms with Gasteiger partial charge in [-0.2, -0.15) is 0 Å². The van der Waals surface area contributed by atoms with Crippen LogP contribution in [-0.2, 0) is 16.6 Å². The molecule has 1 amide bonds. The minimum absolute atomic E-state index is 0.00442. The van der Waals surface area contributed by atoms with Crippen LogP contribution in [0.3, 0.4) is 0 Å². The Labute approximate surface area is 202 Å². The number of nitrogens with two attached hydrogens (primary N) is 1. The van der Waals surface area contributed by atoms with Gasteiger partial charge in [-0.15, -0.1) is 0 Å². The molecule has 5 heteroatoms. The zero-order chi connectivity index (χ0) is 23.7. The Bertz CT molecular complexity index is 1150. The van der Waals surface area contributed by atoms with E-state index in [-0.39, 0.29) is 17.4 Å². The summed E-state index contributed by atoms with van der Waals surface area (Å²) in [5, 5.41) is 0. The molecule has 176 valence electrons. The van der Waals surface area contributed by atoms with Crippen molar-refractivity contribution in [1.29, 1.82) is 0 Å². The third-order valence-corrected chi connectivity index (χ3v) is 7.23. The van der Waals surface area contributed by atoms with Crippen molar-refractivity contribution in [3.05, 3.63) is 78.1 Å². The Morgan fingerprint density at radius 1 is 1.03 bits per heavy atom. The third-order valence-electron chi connectivity index (χ3n) is 7.23. The fourth-order valence-corrected chi connectivity index (χ4v) is 5.58. The molecule has 1 fully saturated rings. The highest BCUT2D eigenvalue weighted by atomic mass is 16.5. The summed E-state index contributed by atoms with van der Waals surface area (Å²) in [6, 6.07) is 18.1. The second-order valence-corrected chi connectivity index (χ2v) is 10.0. The Balaban J connectivity index is 1.43. The molecule has 0 radical (unpaired) electrons. The van der Waals surface area contributed by atoms with Gasteiger partial charge in [-0.05, 0) is 91.8 Å². The summed E-state index contributed by atoms with van der Waals surface area (Å²) in [7, 11) is 0. The maximum Gasteiger partial charge on any atom is 0.244 e. The molecule has 2 aliphatic rings. The third kappa shape index (κ3) is 4.32. The van der Waals surface area contributed by atoms with E-state index in [9.17, 15) is 4.79 Å². The topological polar surface area (TPSA) is 68.5 Å². The van der Waals surface area contributed by atoms with Crippen molar-refractivity contribution in [2.45, 2.75) is 63.5 Å². The number of hydrogen-bond acceptors (Lipinski definition) is 4. The van der Waals surface area contributed by atoms with Gasteiger partial charge in [0, 0.05) is 30.0 Å². The number of pyridine rings is 1. The van der Waals surface area contributed by atoms with Crippen molar-refractivity contribution >= 4 is 11.6 Å². The van der Waals surface area contributed by atoms with Crippen molar-refractivity contribution in [3.8, 4) is 16.9 Å². The average molecular weight is 456 g/mol. The van der Waals surface area contributed by atoms with E-state index in [2.05, 4.69) is 35.3 Å². The summed E-state index contributed by atoms with van der Waals surface area (Å²) in [5.74, 6) is 0.886. The van der Waals surface area contributed by atoms with E-state index >= 15 is 0 Å². The Kier molecular flexibility index (Phi) is 6.13. The number of amides is 1. The first-order valence-electron chi connectivity index (χ1n) is 12.3. The van der Waals surface area contributed by atoms with E-state index in [4.69, 9.17) is 10.5 Å². The van der Waals surface area contributed by atoms with Gasteiger partial charge in [0.1, 0.15) is 5.75 Å². The molecule has 5 nitrogen and oxygen atoms in total. The zero-order valence-electron chi connectivity index (χ0n) is 20.0. The van der Waals surface area contributed by atoms with Gasteiger partial charge in [-0.3, -0.25) is 9.78 Å². The molecular formula is C29H33N3O2. The van der Waals surface area contributed by atoms with E-state index in [0.29, 0.717) is 6.42 Å². The standard InChI is InChI=1S/C29H33N3O2/c1-20(2)34-24-8-5-22(6-9-24)23-7-10-27-25(18-23)29(13-3-4-14-29)19-32(27)28(33)26(30)17-21-11-15-31-16-12-21/h5-12,15-16,18,20,26H,3-4,13-14,17,19,30H2,1-2H3/t26-/m1/s1. The number of benzene rings is 2. The number of carbonyl (C=O) groups excluding carboxylic acids is 1. The molecule has 2 aromatic carbocycles. The van der Waals surface area contributed by atoms with Crippen molar-refractivity contribution in [1.82, 2.24) is 4.98 Å². The maximum absolute atomic E-state index is 13.5. The number of hydrogen-bond donors (Lipinski definition) is 1. The molecule has 0 unspecified atom stereocenters. The molecular weight excluding hydrogens is 422 g/mol. The van der Waals surface area contributed by atoms with Gasteiger partial charge in [0.15, 0.2) is 0 Å². The molecule has 1 spiro atoms. The normalized spacial score (nSPS) is 17.2. The van der Waals surface area contributed by atoms with Crippen molar-refractivity contribution in [2.75, 3.05) is 11.4 Å². The van der Waals surface area contributed by atoms with Crippen LogP contribution in [0.2, 0.25) is 0 Å². The van der Waals surface area contributed by atoms with Gasteiger partial charge in [-0.25, -0.2) is 0 Å². The number of aromatic nitrogens is 1. The van der Waals surface area contributed by atoms with Crippen LogP contribution >= 0.6 is 0 Å². The average Bonchev–Trinajstić information content (AvgIpc) is 3.44. The lowest BCUT2D eigenvalue weighted by molar-refractivity contribution is -0.119. The van der Waals surface area contributed by atoms with E-state index in [1.54, 1.807) is 12.4 Å². The summed E-state index contributed by atoms with van der Waals surface area (Å²) < 4.78 is 5.80. The molecule has 5 rings (SSSR count).